The van der Waals surface area contributed by atoms with Crippen LogP contribution in [-0.2, 0) is 17.8 Å². The van der Waals surface area contributed by atoms with Crippen LogP contribution in [0.3, 0.4) is 0 Å². The second-order valence-corrected chi connectivity index (χ2v) is 10.5. The number of nitrogens with zero attached hydrogens (tertiary/aromatic N) is 4. The Morgan fingerprint density at radius 1 is 1.15 bits per heavy atom. The minimum absolute atomic E-state index is 0.102. The average molecular weight is 544 g/mol. The van der Waals surface area contributed by atoms with Crippen molar-refractivity contribution in [3.63, 3.8) is 0 Å². The number of aliphatic carboxylic acids is 1. The summed E-state index contributed by atoms with van der Waals surface area (Å²) in [6.45, 7) is 3.89. The molecule has 7 bridgehead atoms. The zero-order chi connectivity index (χ0) is 28.2. The molecule has 1 amide bonds. The number of nitrogen functional groups attached to an aromatic ring is 1. The summed E-state index contributed by atoms with van der Waals surface area (Å²) in [5.41, 5.74) is 21.1. The number of hydrogen-bond donors (Lipinski definition) is 3. The molecule has 0 aliphatic carbocycles. The van der Waals surface area contributed by atoms with E-state index in [2.05, 4.69) is 9.97 Å². The number of rotatable bonds is 2. The molecule has 0 saturated heterocycles. The predicted molar refractivity (Wildman–Crippen MR) is 148 cm³/mol. The Balaban J connectivity index is 1.52. The van der Waals surface area contributed by atoms with Gasteiger partial charge in [0.25, 0.3) is 11.6 Å². The van der Waals surface area contributed by atoms with Gasteiger partial charge in [-0.2, -0.15) is 0 Å². The van der Waals surface area contributed by atoms with Crippen LogP contribution in [0.4, 0.5) is 11.4 Å². The third kappa shape index (κ3) is 5.80. The number of carbonyl (C=O) groups excluding carboxylic acids is 1. The highest BCUT2D eigenvalue weighted by molar-refractivity contribution is 5.92. The van der Waals surface area contributed by atoms with Crippen LogP contribution in [-0.4, -0.2) is 56.2 Å². The molecule has 0 fully saturated rings. The molecule has 10 nitrogen and oxygen atoms in total. The van der Waals surface area contributed by atoms with Gasteiger partial charge < -0.3 is 20.5 Å². The van der Waals surface area contributed by atoms with Gasteiger partial charge in [0.1, 0.15) is 11.4 Å². The van der Waals surface area contributed by atoms with Crippen LogP contribution < -0.4 is 10.5 Å². The number of carbonyl (C=O) groups is 2. The largest absolute Gasteiger partial charge is 0.481 e. The Bertz CT molecular complexity index is 1440. The molecule has 0 spiro atoms. The lowest BCUT2D eigenvalue weighted by Gasteiger charge is -2.30. The van der Waals surface area contributed by atoms with Crippen molar-refractivity contribution in [2.24, 2.45) is 0 Å². The molecule has 5 aliphatic heterocycles. The van der Waals surface area contributed by atoms with E-state index in [-0.39, 0.29) is 18.0 Å². The molecule has 1 aromatic heterocycles. The van der Waals surface area contributed by atoms with E-state index in [9.17, 15) is 14.7 Å². The fourth-order valence-electron chi connectivity index (χ4n) is 5.58. The molecule has 10 heteroatoms. The lowest BCUT2D eigenvalue weighted by atomic mass is 9.83. The van der Waals surface area contributed by atoms with Crippen molar-refractivity contribution in [2.45, 2.75) is 57.9 Å². The van der Waals surface area contributed by atoms with E-state index in [1.54, 1.807) is 4.90 Å². The summed E-state index contributed by atoms with van der Waals surface area (Å²) in [6.07, 6.45) is 7.09. The van der Waals surface area contributed by atoms with Gasteiger partial charge in [-0.3, -0.25) is 9.59 Å². The van der Waals surface area contributed by atoms with Crippen LogP contribution in [0.1, 0.15) is 76.3 Å². The molecule has 1 atom stereocenters. The van der Waals surface area contributed by atoms with Crippen molar-refractivity contribution in [2.75, 3.05) is 25.4 Å². The Morgan fingerprint density at radius 3 is 2.75 bits per heavy atom. The van der Waals surface area contributed by atoms with Gasteiger partial charge in [-0.05, 0) is 60.4 Å². The quantitative estimate of drug-likeness (QED) is 0.311. The highest BCUT2D eigenvalue weighted by Crippen LogP contribution is 2.38. The number of carboxylic acids is 1. The standard InChI is InChI=1S/C30H34N6O4/c1-19-23-8-9-26(29(19)31)36(32)11-4-2-3-5-13-40-27-17-33-25(16-34-27)30(39)35-12-10-20-6-7-21(14-22(20)18-35)24(23)15-28(37)38/h6-9,14,16-17,24H,2-5,10-13,15,18H2,1H3,(H3-,31,32,37,38)/p+1. The Labute approximate surface area is 233 Å². The number of ether oxygens (including phenoxy) is 1. The maximum atomic E-state index is 13.3. The molecule has 0 saturated carbocycles. The second-order valence-electron chi connectivity index (χ2n) is 10.5. The summed E-state index contributed by atoms with van der Waals surface area (Å²) in [5, 5.41) is 9.81. The molecule has 3 aromatic rings. The zero-order valence-corrected chi connectivity index (χ0v) is 22.7. The monoisotopic (exact) mass is 543 g/mol. The Morgan fingerprint density at radius 2 is 1.98 bits per heavy atom. The summed E-state index contributed by atoms with van der Waals surface area (Å²) >= 11 is 0. The normalized spacial score (nSPS) is 18.1. The zero-order valence-electron chi connectivity index (χ0n) is 22.7. The van der Waals surface area contributed by atoms with Crippen LogP contribution in [0.2, 0.25) is 0 Å². The molecular formula is C30H35N6O4+. The van der Waals surface area contributed by atoms with Crippen LogP contribution in [0.15, 0.2) is 42.7 Å². The Hall–Kier alpha value is -4.34. The fourth-order valence-corrected chi connectivity index (χ4v) is 5.58. The third-order valence-corrected chi connectivity index (χ3v) is 7.88. The molecule has 0 radical (unpaired) electrons. The highest BCUT2D eigenvalue weighted by atomic mass is 16.5. The molecule has 2 aromatic carbocycles. The number of nitrogens with one attached hydrogen (secondary N) is 1. The number of nitrogens with two attached hydrogens (primary N) is 1. The highest BCUT2D eigenvalue weighted by Gasteiger charge is 2.27. The van der Waals surface area contributed by atoms with Crippen molar-refractivity contribution in [1.82, 2.24) is 14.9 Å². The van der Waals surface area contributed by atoms with Gasteiger partial charge in [-0.25, -0.2) is 9.97 Å². The van der Waals surface area contributed by atoms with E-state index in [1.807, 2.05) is 37.3 Å². The topological polar surface area (TPSA) is 146 Å². The molecule has 5 aliphatic rings. The van der Waals surface area contributed by atoms with Gasteiger partial charge in [0.05, 0.1) is 25.4 Å². The lowest BCUT2D eigenvalue weighted by molar-refractivity contribution is -0.535. The number of benzene rings is 2. The van der Waals surface area contributed by atoms with E-state index in [1.165, 1.54) is 17.1 Å². The number of carboxylic acid groups (broad SMARTS) is 1. The maximum absolute atomic E-state index is 13.3. The van der Waals surface area contributed by atoms with Crippen LogP contribution in [0.25, 0.3) is 0 Å². The second kappa shape index (κ2) is 11.8. The van der Waals surface area contributed by atoms with Crippen molar-refractivity contribution in [1.29, 1.82) is 5.53 Å². The predicted octanol–water partition coefficient (Wildman–Crippen LogP) is 4.80. The molecule has 1 unspecified atom stereocenters. The van der Waals surface area contributed by atoms with Crippen molar-refractivity contribution in [3.05, 3.63) is 76.2 Å². The third-order valence-electron chi connectivity index (χ3n) is 7.88. The molecule has 4 N–H and O–H groups in total. The number of hydrogen-bond acceptors (Lipinski definition) is 7. The van der Waals surface area contributed by atoms with Gasteiger partial charge in [0.2, 0.25) is 5.88 Å². The van der Waals surface area contributed by atoms with E-state index in [0.29, 0.717) is 49.9 Å². The van der Waals surface area contributed by atoms with E-state index < -0.39 is 11.9 Å². The van der Waals surface area contributed by atoms with Crippen LogP contribution >= 0.6 is 0 Å². The van der Waals surface area contributed by atoms with Crippen molar-refractivity contribution < 1.29 is 24.1 Å². The summed E-state index contributed by atoms with van der Waals surface area (Å²) in [4.78, 5) is 35.6. The minimum Gasteiger partial charge on any atom is -0.481 e. The number of aromatic nitrogens is 2. The van der Waals surface area contributed by atoms with E-state index in [4.69, 9.17) is 16.0 Å². The van der Waals surface area contributed by atoms with Crippen molar-refractivity contribution >= 4 is 23.3 Å². The molecule has 8 rings (SSSR count). The molecule has 40 heavy (non-hydrogen) atoms. The van der Waals surface area contributed by atoms with Crippen LogP contribution in [0.5, 0.6) is 5.88 Å². The van der Waals surface area contributed by atoms with Gasteiger partial charge in [0.15, 0.2) is 6.54 Å². The summed E-state index contributed by atoms with van der Waals surface area (Å²) in [5.74, 6) is -1.15. The van der Waals surface area contributed by atoms with Gasteiger partial charge >= 0.3 is 5.97 Å². The van der Waals surface area contributed by atoms with Gasteiger partial charge in [0, 0.05) is 31.5 Å². The SMILES string of the molecule is Cc1c2ccc(c1N)[N+](=N)CCCCCCOc1cnc(cn1)C(=O)N1CCc3ccc(cc3C1)C2CC(=O)O. The minimum atomic E-state index is -0.910. The summed E-state index contributed by atoms with van der Waals surface area (Å²) in [7, 11) is 0. The fraction of sp³-hybridized carbons (Fsp3) is 0.400. The van der Waals surface area contributed by atoms with E-state index >= 15 is 0 Å². The maximum Gasteiger partial charge on any atom is 0.304 e. The lowest BCUT2D eigenvalue weighted by Crippen LogP contribution is -2.36. The van der Waals surface area contributed by atoms with Gasteiger partial charge in [-0.1, -0.05) is 34.5 Å². The Kier molecular flexibility index (Phi) is 8.04. The van der Waals surface area contributed by atoms with Crippen molar-refractivity contribution in [3.8, 4) is 5.88 Å². The van der Waals surface area contributed by atoms with Gasteiger partial charge in [-0.15, -0.1) is 0 Å². The molecule has 208 valence electrons. The van der Waals surface area contributed by atoms with E-state index in [0.717, 1.165) is 53.5 Å². The molecule has 6 heterocycles. The molecular weight excluding hydrogens is 508 g/mol. The first kappa shape index (κ1) is 27.2. The first-order valence-corrected chi connectivity index (χ1v) is 13.8. The first-order chi connectivity index (χ1) is 19.3. The smallest absolute Gasteiger partial charge is 0.304 e. The number of amides is 1. The first-order valence-electron chi connectivity index (χ1n) is 13.8. The average Bonchev–Trinajstić information content (AvgIpc) is 2.95. The van der Waals surface area contributed by atoms with Crippen LogP contribution in [0, 0.1) is 12.5 Å². The number of anilines is 1. The summed E-state index contributed by atoms with van der Waals surface area (Å²) in [6, 6.07) is 9.76. The summed E-state index contributed by atoms with van der Waals surface area (Å²) < 4.78 is 7.13.